The molecule has 2 aromatic rings. The van der Waals surface area contributed by atoms with Crippen molar-refractivity contribution in [1.29, 1.82) is 0 Å². The molecule has 114 valence electrons. The maximum Gasteiger partial charge on any atom is 0.407 e. The van der Waals surface area contributed by atoms with Gasteiger partial charge in [-0.2, -0.15) is 0 Å². The number of aromatic nitrogens is 2. The molecule has 0 aliphatic carbocycles. The van der Waals surface area contributed by atoms with Gasteiger partial charge in [0.1, 0.15) is 5.65 Å². The van der Waals surface area contributed by atoms with E-state index in [1.54, 1.807) is 12.3 Å². The molecule has 1 atom stereocenters. The minimum Gasteiger partial charge on any atom is -0.465 e. The first kappa shape index (κ1) is 13.1. The maximum atomic E-state index is 12.7. The molecule has 2 aliphatic heterocycles. The third-order valence-corrected chi connectivity index (χ3v) is 4.57. The minimum absolute atomic E-state index is 0.00766. The van der Waals surface area contributed by atoms with Gasteiger partial charge in [-0.1, -0.05) is 0 Å². The maximum absolute atomic E-state index is 12.7. The van der Waals surface area contributed by atoms with E-state index in [0.717, 1.165) is 23.0 Å². The first-order valence-corrected chi connectivity index (χ1v) is 7.35. The van der Waals surface area contributed by atoms with Crippen LogP contribution in [0.5, 0.6) is 0 Å². The van der Waals surface area contributed by atoms with Crippen LogP contribution >= 0.6 is 0 Å². The van der Waals surface area contributed by atoms with Crippen molar-refractivity contribution in [3.05, 3.63) is 29.6 Å². The van der Waals surface area contributed by atoms with Gasteiger partial charge in [0.2, 0.25) is 0 Å². The van der Waals surface area contributed by atoms with Gasteiger partial charge in [0.25, 0.3) is 5.91 Å². The topological polar surface area (TPSA) is 89.5 Å². The molecule has 1 saturated heterocycles. The zero-order valence-electron chi connectivity index (χ0n) is 12.0. The molecule has 22 heavy (non-hydrogen) atoms. The minimum atomic E-state index is -0.878. The number of H-pyrrole nitrogens is 1. The molecular weight excluding hydrogens is 284 g/mol. The highest BCUT2D eigenvalue weighted by atomic mass is 16.4. The molecule has 1 fully saturated rings. The molecule has 4 rings (SSSR count). The lowest BCUT2D eigenvalue weighted by molar-refractivity contribution is 0.0710. The van der Waals surface area contributed by atoms with Crippen LogP contribution in [0, 0.1) is 5.92 Å². The highest BCUT2D eigenvalue weighted by Gasteiger charge is 2.32. The number of carbonyl (C=O) groups excluding carboxylic acids is 1. The SMILES string of the molecule is O=C(O)N1CCC(CN2Cc3c[nH]c4nccc(c34)C2=O)C1. The summed E-state index contributed by atoms with van der Waals surface area (Å²) in [6.07, 6.45) is 3.47. The van der Waals surface area contributed by atoms with Gasteiger partial charge in [-0.25, -0.2) is 9.78 Å². The molecule has 0 saturated carbocycles. The lowest BCUT2D eigenvalue weighted by Gasteiger charge is -2.29. The predicted octanol–water partition coefficient (Wildman–Crippen LogP) is 1.52. The van der Waals surface area contributed by atoms with Crippen molar-refractivity contribution in [1.82, 2.24) is 19.8 Å². The van der Waals surface area contributed by atoms with Crippen LogP contribution in [-0.4, -0.2) is 56.5 Å². The van der Waals surface area contributed by atoms with E-state index in [1.807, 2.05) is 11.1 Å². The van der Waals surface area contributed by atoms with E-state index in [-0.39, 0.29) is 11.8 Å². The fraction of sp³-hybridized carbons (Fsp3) is 0.400. The van der Waals surface area contributed by atoms with Crippen LogP contribution in [0.25, 0.3) is 11.0 Å². The summed E-state index contributed by atoms with van der Waals surface area (Å²) >= 11 is 0. The monoisotopic (exact) mass is 300 g/mol. The van der Waals surface area contributed by atoms with Crippen LogP contribution in [0.4, 0.5) is 4.79 Å². The van der Waals surface area contributed by atoms with Gasteiger partial charge < -0.3 is 19.9 Å². The van der Waals surface area contributed by atoms with Gasteiger partial charge in [0, 0.05) is 44.0 Å². The zero-order valence-corrected chi connectivity index (χ0v) is 12.0. The Morgan fingerprint density at radius 1 is 1.50 bits per heavy atom. The molecular formula is C15H16N4O3. The highest BCUT2D eigenvalue weighted by molar-refractivity contribution is 6.08. The van der Waals surface area contributed by atoms with Crippen LogP contribution in [0.3, 0.4) is 0 Å². The fourth-order valence-corrected chi connectivity index (χ4v) is 3.49. The van der Waals surface area contributed by atoms with Crippen molar-refractivity contribution in [2.24, 2.45) is 5.92 Å². The average Bonchev–Trinajstić information content (AvgIpc) is 3.12. The number of likely N-dealkylation sites (tertiary alicyclic amines) is 1. The number of aromatic amines is 1. The molecule has 2 aliphatic rings. The second-order valence-electron chi connectivity index (χ2n) is 5.96. The third kappa shape index (κ3) is 1.93. The smallest absolute Gasteiger partial charge is 0.407 e. The fourth-order valence-electron chi connectivity index (χ4n) is 3.49. The van der Waals surface area contributed by atoms with Crippen molar-refractivity contribution in [2.75, 3.05) is 19.6 Å². The Morgan fingerprint density at radius 3 is 3.14 bits per heavy atom. The van der Waals surface area contributed by atoms with E-state index in [9.17, 15) is 9.59 Å². The van der Waals surface area contributed by atoms with Crippen LogP contribution in [0.15, 0.2) is 18.5 Å². The second-order valence-corrected chi connectivity index (χ2v) is 5.96. The molecule has 0 aromatic carbocycles. The third-order valence-electron chi connectivity index (χ3n) is 4.57. The van der Waals surface area contributed by atoms with Crippen LogP contribution < -0.4 is 0 Å². The van der Waals surface area contributed by atoms with Crippen molar-refractivity contribution < 1.29 is 14.7 Å². The van der Waals surface area contributed by atoms with Crippen molar-refractivity contribution in [3.63, 3.8) is 0 Å². The van der Waals surface area contributed by atoms with E-state index in [1.165, 1.54) is 4.90 Å². The van der Waals surface area contributed by atoms with Gasteiger partial charge in [0.15, 0.2) is 0 Å². The molecule has 4 heterocycles. The van der Waals surface area contributed by atoms with Gasteiger partial charge in [-0.3, -0.25) is 4.79 Å². The second kappa shape index (κ2) is 4.72. The van der Waals surface area contributed by atoms with E-state index >= 15 is 0 Å². The van der Waals surface area contributed by atoms with Gasteiger partial charge in [-0.15, -0.1) is 0 Å². The Labute approximate surface area is 126 Å². The number of rotatable bonds is 2. The Hall–Kier alpha value is -2.57. The number of nitrogens with one attached hydrogen (secondary N) is 1. The summed E-state index contributed by atoms with van der Waals surface area (Å²) < 4.78 is 0. The average molecular weight is 300 g/mol. The number of amides is 2. The summed E-state index contributed by atoms with van der Waals surface area (Å²) in [7, 11) is 0. The summed E-state index contributed by atoms with van der Waals surface area (Å²) in [6, 6.07) is 1.76. The van der Waals surface area contributed by atoms with E-state index in [2.05, 4.69) is 9.97 Å². The molecule has 0 spiro atoms. The van der Waals surface area contributed by atoms with Gasteiger partial charge in [-0.05, 0) is 24.0 Å². The molecule has 7 heteroatoms. The number of hydrogen-bond donors (Lipinski definition) is 2. The molecule has 2 aromatic heterocycles. The summed E-state index contributed by atoms with van der Waals surface area (Å²) in [4.78, 5) is 34.2. The Bertz CT molecular complexity index is 769. The molecule has 7 nitrogen and oxygen atoms in total. The van der Waals surface area contributed by atoms with E-state index in [0.29, 0.717) is 31.7 Å². The highest BCUT2D eigenvalue weighted by Crippen LogP contribution is 2.30. The van der Waals surface area contributed by atoms with Gasteiger partial charge >= 0.3 is 6.09 Å². The summed E-state index contributed by atoms with van der Waals surface area (Å²) in [5.41, 5.74) is 2.50. The standard InChI is InChI=1S/C15H16N4O3/c20-14-11-1-3-16-13-12(11)10(5-17-13)8-19(14)7-9-2-4-18(6-9)15(21)22/h1,3,5,9H,2,4,6-8H2,(H,16,17)(H,21,22). The van der Waals surface area contributed by atoms with Crippen molar-refractivity contribution in [2.45, 2.75) is 13.0 Å². The number of nitrogens with zero attached hydrogens (tertiary/aromatic N) is 3. The number of hydrogen-bond acceptors (Lipinski definition) is 3. The van der Waals surface area contributed by atoms with Gasteiger partial charge in [0.05, 0.1) is 5.56 Å². The number of carbonyl (C=O) groups is 2. The lowest BCUT2D eigenvalue weighted by atomic mass is 10.0. The largest absolute Gasteiger partial charge is 0.465 e. The number of carboxylic acid groups (broad SMARTS) is 1. The van der Waals surface area contributed by atoms with Crippen molar-refractivity contribution >= 4 is 23.0 Å². The van der Waals surface area contributed by atoms with Crippen molar-refractivity contribution in [3.8, 4) is 0 Å². The Balaban J connectivity index is 1.56. The van der Waals surface area contributed by atoms with Crippen LogP contribution in [0.2, 0.25) is 0 Å². The molecule has 0 radical (unpaired) electrons. The molecule has 2 N–H and O–H groups in total. The predicted molar refractivity (Wildman–Crippen MR) is 78.5 cm³/mol. The Kier molecular flexibility index (Phi) is 2.82. The Morgan fingerprint density at radius 2 is 2.36 bits per heavy atom. The lowest BCUT2D eigenvalue weighted by Crippen LogP contribution is -2.38. The molecule has 1 unspecified atom stereocenters. The van der Waals surface area contributed by atoms with E-state index < -0.39 is 6.09 Å². The first-order chi connectivity index (χ1) is 10.6. The quantitative estimate of drug-likeness (QED) is 0.880. The zero-order chi connectivity index (χ0) is 15.3. The summed E-state index contributed by atoms with van der Waals surface area (Å²) in [6.45, 7) is 2.21. The molecule has 0 bridgehead atoms. The van der Waals surface area contributed by atoms with E-state index in [4.69, 9.17) is 5.11 Å². The number of pyridine rings is 1. The normalized spacial score (nSPS) is 20.9. The van der Waals surface area contributed by atoms with Crippen LogP contribution in [-0.2, 0) is 6.54 Å². The first-order valence-electron chi connectivity index (χ1n) is 7.35. The summed E-state index contributed by atoms with van der Waals surface area (Å²) in [5.74, 6) is 0.214. The molecule has 2 amide bonds. The van der Waals surface area contributed by atoms with Crippen LogP contribution in [0.1, 0.15) is 22.3 Å². The summed E-state index contributed by atoms with van der Waals surface area (Å²) in [5, 5.41) is 9.95.